The van der Waals surface area contributed by atoms with Crippen LogP contribution in [-0.2, 0) is 19.0 Å². The first-order chi connectivity index (χ1) is 8.57. The van der Waals surface area contributed by atoms with E-state index in [1.807, 2.05) is 0 Å². The van der Waals surface area contributed by atoms with Crippen LogP contribution in [0.25, 0.3) is 0 Å². The van der Waals surface area contributed by atoms with Gasteiger partial charge < -0.3 is 14.2 Å². The summed E-state index contributed by atoms with van der Waals surface area (Å²) in [5, 5.41) is 0. The molecule has 106 valence electrons. The molecule has 0 fully saturated rings. The standard InChI is InChI=1S/C14H26O4/c1-5-8-17-13(4)7-6-9-16-10-11-18-14(15)12(2)3/h13H,2,5-11H2,1,3-4H3. The molecule has 0 N–H and O–H groups in total. The second-order valence-corrected chi connectivity index (χ2v) is 4.35. The molecule has 18 heavy (non-hydrogen) atoms. The molecule has 0 aliphatic heterocycles. The maximum atomic E-state index is 11.0. The smallest absolute Gasteiger partial charge is 0.333 e. The second kappa shape index (κ2) is 11.2. The van der Waals surface area contributed by atoms with Crippen molar-refractivity contribution in [3.05, 3.63) is 12.2 Å². The Balaban J connectivity index is 3.25. The van der Waals surface area contributed by atoms with E-state index in [2.05, 4.69) is 20.4 Å². The molecule has 4 heteroatoms. The number of rotatable bonds is 11. The van der Waals surface area contributed by atoms with Crippen molar-refractivity contribution in [1.82, 2.24) is 0 Å². The zero-order chi connectivity index (χ0) is 13.8. The lowest BCUT2D eigenvalue weighted by molar-refractivity contribution is -0.140. The third-order valence-electron chi connectivity index (χ3n) is 2.32. The summed E-state index contributed by atoms with van der Waals surface area (Å²) in [5.41, 5.74) is 0.414. The number of carbonyl (C=O) groups excluding carboxylic acids is 1. The number of hydrogen-bond donors (Lipinski definition) is 0. The van der Waals surface area contributed by atoms with Crippen LogP contribution in [0, 0.1) is 0 Å². The average Bonchev–Trinajstić information content (AvgIpc) is 2.34. The van der Waals surface area contributed by atoms with Gasteiger partial charge in [-0.25, -0.2) is 4.79 Å². The fourth-order valence-electron chi connectivity index (χ4n) is 1.29. The molecule has 0 aliphatic carbocycles. The zero-order valence-corrected chi connectivity index (χ0v) is 11.9. The molecule has 0 aromatic heterocycles. The summed E-state index contributed by atoms with van der Waals surface area (Å²) in [5.74, 6) is -0.361. The normalized spacial score (nSPS) is 12.2. The molecule has 0 aliphatic rings. The molecule has 0 aromatic carbocycles. The Hall–Kier alpha value is -0.870. The van der Waals surface area contributed by atoms with Gasteiger partial charge in [-0.1, -0.05) is 13.5 Å². The highest BCUT2D eigenvalue weighted by molar-refractivity contribution is 5.86. The van der Waals surface area contributed by atoms with Gasteiger partial charge in [-0.3, -0.25) is 0 Å². The molecule has 4 nitrogen and oxygen atoms in total. The van der Waals surface area contributed by atoms with Crippen molar-refractivity contribution in [2.75, 3.05) is 26.4 Å². The first-order valence-corrected chi connectivity index (χ1v) is 6.59. The van der Waals surface area contributed by atoms with Crippen molar-refractivity contribution in [2.24, 2.45) is 0 Å². The van der Waals surface area contributed by atoms with E-state index in [-0.39, 0.29) is 18.7 Å². The zero-order valence-electron chi connectivity index (χ0n) is 11.9. The van der Waals surface area contributed by atoms with E-state index in [1.54, 1.807) is 6.92 Å². The lowest BCUT2D eigenvalue weighted by Gasteiger charge is -2.12. The van der Waals surface area contributed by atoms with E-state index in [0.717, 1.165) is 25.9 Å². The minimum atomic E-state index is -0.361. The van der Waals surface area contributed by atoms with Gasteiger partial charge in [0.15, 0.2) is 0 Å². The van der Waals surface area contributed by atoms with E-state index in [4.69, 9.17) is 14.2 Å². The molecule has 1 unspecified atom stereocenters. The predicted molar refractivity (Wildman–Crippen MR) is 71.5 cm³/mol. The highest BCUT2D eigenvalue weighted by atomic mass is 16.6. The third kappa shape index (κ3) is 10.3. The molecule has 0 amide bonds. The molecule has 0 radical (unpaired) electrons. The van der Waals surface area contributed by atoms with Gasteiger partial charge in [0.05, 0.1) is 12.7 Å². The SMILES string of the molecule is C=C(C)C(=O)OCCOCCCC(C)OCCC. The molecule has 0 spiro atoms. The largest absolute Gasteiger partial charge is 0.460 e. The quantitative estimate of drug-likeness (QED) is 0.325. The van der Waals surface area contributed by atoms with Crippen LogP contribution in [0.15, 0.2) is 12.2 Å². The minimum Gasteiger partial charge on any atom is -0.460 e. The molecule has 0 bridgehead atoms. The monoisotopic (exact) mass is 258 g/mol. The number of hydrogen-bond acceptors (Lipinski definition) is 4. The molecule has 1 atom stereocenters. The van der Waals surface area contributed by atoms with Crippen molar-refractivity contribution < 1.29 is 19.0 Å². The maximum absolute atomic E-state index is 11.0. The maximum Gasteiger partial charge on any atom is 0.333 e. The molecule has 0 rings (SSSR count). The van der Waals surface area contributed by atoms with Gasteiger partial charge in [-0.05, 0) is 33.1 Å². The van der Waals surface area contributed by atoms with Gasteiger partial charge in [0.1, 0.15) is 6.61 Å². The van der Waals surface area contributed by atoms with Crippen molar-refractivity contribution >= 4 is 5.97 Å². The second-order valence-electron chi connectivity index (χ2n) is 4.35. The van der Waals surface area contributed by atoms with Crippen LogP contribution in [0.2, 0.25) is 0 Å². The summed E-state index contributed by atoms with van der Waals surface area (Å²) in [6, 6.07) is 0. The third-order valence-corrected chi connectivity index (χ3v) is 2.32. The average molecular weight is 258 g/mol. The van der Waals surface area contributed by atoms with Crippen molar-refractivity contribution in [2.45, 2.75) is 46.1 Å². The van der Waals surface area contributed by atoms with Crippen molar-refractivity contribution in [1.29, 1.82) is 0 Å². The van der Waals surface area contributed by atoms with Gasteiger partial charge in [0, 0.05) is 18.8 Å². The molecule has 0 saturated heterocycles. The van der Waals surface area contributed by atoms with Crippen LogP contribution in [-0.4, -0.2) is 38.5 Å². The fourth-order valence-corrected chi connectivity index (χ4v) is 1.29. The van der Waals surface area contributed by atoms with Gasteiger partial charge in [0.25, 0.3) is 0 Å². The van der Waals surface area contributed by atoms with Crippen LogP contribution >= 0.6 is 0 Å². The summed E-state index contributed by atoms with van der Waals surface area (Å²) in [6.45, 7) is 11.5. The predicted octanol–water partition coefficient (Wildman–Crippen LogP) is 2.72. The highest BCUT2D eigenvalue weighted by Crippen LogP contribution is 2.02. The van der Waals surface area contributed by atoms with Crippen LogP contribution in [0.3, 0.4) is 0 Å². The summed E-state index contributed by atoms with van der Waals surface area (Å²) in [6.07, 6.45) is 3.29. The molecule has 0 aromatic rings. The van der Waals surface area contributed by atoms with E-state index in [1.165, 1.54) is 0 Å². The summed E-state index contributed by atoms with van der Waals surface area (Å²) >= 11 is 0. The van der Waals surface area contributed by atoms with Gasteiger partial charge in [-0.15, -0.1) is 0 Å². The molecular formula is C14H26O4. The lowest BCUT2D eigenvalue weighted by Crippen LogP contribution is -2.13. The summed E-state index contributed by atoms with van der Waals surface area (Å²) in [4.78, 5) is 11.0. The van der Waals surface area contributed by atoms with Gasteiger partial charge in [-0.2, -0.15) is 0 Å². The van der Waals surface area contributed by atoms with Gasteiger partial charge >= 0.3 is 5.97 Å². The van der Waals surface area contributed by atoms with E-state index in [0.29, 0.717) is 18.8 Å². The van der Waals surface area contributed by atoms with Gasteiger partial charge in [0.2, 0.25) is 0 Å². The Bertz CT molecular complexity index is 238. The molecule has 0 saturated carbocycles. The summed E-state index contributed by atoms with van der Waals surface area (Å²) in [7, 11) is 0. The first kappa shape index (κ1) is 17.1. The van der Waals surface area contributed by atoms with E-state index in [9.17, 15) is 4.79 Å². The lowest BCUT2D eigenvalue weighted by atomic mass is 10.2. The summed E-state index contributed by atoms with van der Waals surface area (Å²) < 4.78 is 15.8. The Morgan fingerprint density at radius 3 is 2.56 bits per heavy atom. The van der Waals surface area contributed by atoms with Crippen LogP contribution in [0.1, 0.15) is 40.0 Å². The topological polar surface area (TPSA) is 44.8 Å². The number of esters is 1. The Morgan fingerprint density at radius 1 is 1.22 bits per heavy atom. The van der Waals surface area contributed by atoms with Crippen molar-refractivity contribution in [3.63, 3.8) is 0 Å². The molecule has 0 heterocycles. The fraction of sp³-hybridized carbons (Fsp3) is 0.786. The van der Waals surface area contributed by atoms with Crippen LogP contribution < -0.4 is 0 Å². The highest BCUT2D eigenvalue weighted by Gasteiger charge is 2.03. The van der Waals surface area contributed by atoms with E-state index >= 15 is 0 Å². The van der Waals surface area contributed by atoms with Crippen molar-refractivity contribution in [3.8, 4) is 0 Å². The molecular weight excluding hydrogens is 232 g/mol. The number of carbonyl (C=O) groups is 1. The number of ether oxygens (including phenoxy) is 3. The Kier molecular flexibility index (Phi) is 10.7. The Labute approximate surface area is 110 Å². The van der Waals surface area contributed by atoms with E-state index < -0.39 is 0 Å². The van der Waals surface area contributed by atoms with Crippen LogP contribution in [0.5, 0.6) is 0 Å². The minimum absolute atomic E-state index is 0.285. The first-order valence-electron chi connectivity index (χ1n) is 6.59. The Morgan fingerprint density at radius 2 is 1.94 bits per heavy atom. The van der Waals surface area contributed by atoms with Crippen LogP contribution in [0.4, 0.5) is 0 Å².